The van der Waals surface area contributed by atoms with Gasteiger partial charge in [0.15, 0.2) is 17.6 Å². The lowest BCUT2D eigenvalue weighted by molar-refractivity contribution is -0.162. The second-order valence-electron chi connectivity index (χ2n) is 10.8. The third kappa shape index (κ3) is 13.4. The van der Waals surface area contributed by atoms with Gasteiger partial charge in [0, 0.05) is 6.54 Å². The van der Waals surface area contributed by atoms with Crippen LogP contribution in [-0.2, 0) is 53.5 Å². The molecule has 19 heteroatoms. The van der Waals surface area contributed by atoms with E-state index in [2.05, 4.69) is 15.0 Å². The van der Waals surface area contributed by atoms with Crippen LogP contribution in [0.2, 0.25) is 0 Å². The summed E-state index contributed by atoms with van der Waals surface area (Å²) in [4.78, 5) is 55.4. The molecule has 0 spiro atoms. The van der Waals surface area contributed by atoms with Gasteiger partial charge in [-0.15, -0.1) is 0 Å². The lowest BCUT2D eigenvalue weighted by Gasteiger charge is -2.22. The van der Waals surface area contributed by atoms with Crippen LogP contribution < -0.4 is 5.73 Å². The highest BCUT2D eigenvalue weighted by atomic mass is 31.2. The summed E-state index contributed by atoms with van der Waals surface area (Å²) in [6, 6.07) is 0. The van der Waals surface area contributed by atoms with Crippen LogP contribution in [-0.4, -0.2) is 91.4 Å². The van der Waals surface area contributed by atoms with Crippen LogP contribution in [0.1, 0.15) is 48.0 Å². The Hall–Kier alpha value is -3.70. The van der Waals surface area contributed by atoms with E-state index in [-0.39, 0.29) is 12.4 Å². The van der Waals surface area contributed by atoms with Crippen molar-refractivity contribution in [2.24, 2.45) is 10.8 Å². The molecular formula is C24H38N5O13P. The molecule has 0 aliphatic rings. The average Bonchev–Trinajstić information content (AvgIpc) is 3.29. The minimum atomic E-state index is -3.95. The average molecular weight is 636 g/mol. The van der Waals surface area contributed by atoms with Gasteiger partial charge in [-0.2, -0.15) is 0 Å². The molecule has 242 valence electrons. The Morgan fingerprint density at radius 2 is 1.49 bits per heavy atom. The van der Waals surface area contributed by atoms with E-state index in [0.29, 0.717) is 17.7 Å². The van der Waals surface area contributed by atoms with Crippen LogP contribution in [0.5, 0.6) is 0 Å². The third-order valence-electron chi connectivity index (χ3n) is 4.91. The fraction of sp³-hybridized carbons (Fsp3) is 0.625. The number of carboxylic acids is 2. The molecule has 2 rings (SSSR count). The van der Waals surface area contributed by atoms with Crippen LogP contribution in [0.15, 0.2) is 12.7 Å². The molecule has 0 amide bonds. The van der Waals surface area contributed by atoms with Crippen molar-refractivity contribution in [3.8, 4) is 0 Å². The summed E-state index contributed by atoms with van der Waals surface area (Å²) in [5, 5.41) is 24.1. The number of carboxylic acid groups (broad SMARTS) is 2. The van der Waals surface area contributed by atoms with Crippen LogP contribution in [0.25, 0.3) is 11.2 Å². The second-order valence-corrected chi connectivity index (χ2v) is 12.8. The predicted octanol–water partition coefficient (Wildman–Crippen LogP) is 1.61. The normalized spacial score (nSPS) is 12.6. The molecule has 1 atom stereocenters. The zero-order valence-electron chi connectivity index (χ0n) is 24.7. The first-order valence-corrected chi connectivity index (χ1v) is 14.3. The van der Waals surface area contributed by atoms with Crippen molar-refractivity contribution < 1.29 is 62.3 Å². The molecule has 0 aliphatic heterocycles. The summed E-state index contributed by atoms with van der Waals surface area (Å²) >= 11 is 0. The van der Waals surface area contributed by atoms with Crippen molar-refractivity contribution in [3.05, 3.63) is 12.7 Å². The Bertz CT molecular complexity index is 1270. The van der Waals surface area contributed by atoms with Gasteiger partial charge in [0.05, 0.1) is 30.2 Å². The highest BCUT2D eigenvalue weighted by Crippen LogP contribution is 2.48. The molecule has 0 saturated carbocycles. The minimum Gasteiger partial charge on any atom is -0.481 e. The monoisotopic (exact) mass is 635 g/mol. The lowest BCUT2D eigenvalue weighted by Crippen LogP contribution is -2.25. The summed E-state index contributed by atoms with van der Waals surface area (Å²) in [6.07, 6.45) is -0.164. The van der Waals surface area contributed by atoms with Crippen molar-refractivity contribution in [2.45, 2.75) is 60.6 Å². The van der Waals surface area contributed by atoms with Crippen LogP contribution in [0.4, 0.5) is 5.82 Å². The molecule has 43 heavy (non-hydrogen) atoms. The van der Waals surface area contributed by atoms with E-state index < -0.39 is 74.8 Å². The molecule has 0 bridgehead atoms. The van der Waals surface area contributed by atoms with E-state index in [1.165, 1.54) is 12.7 Å². The number of fused-ring (bicyclic) bond motifs is 1. The number of nitrogens with two attached hydrogens (primary N) is 1. The zero-order chi connectivity index (χ0) is 33.0. The van der Waals surface area contributed by atoms with E-state index in [4.69, 9.17) is 44.3 Å². The predicted molar refractivity (Wildman–Crippen MR) is 147 cm³/mol. The maximum atomic E-state index is 13.1. The molecular weight excluding hydrogens is 597 g/mol. The van der Waals surface area contributed by atoms with Gasteiger partial charge in [0.25, 0.3) is 0 Å². The molecule has 2 aromatic rings. The van der Waals surface area contributed by atoms with Gasteiger partial charge in [-0.1, -0.05) is 0 Å². The number of imidazole rings is 1. The number of nitrogens with zero attached hydrogens (tertiary/aromatic N) is 4. The molecule has 2 heterocycles. The first-order chi connectivity index (χ1) is 19.8. The van der Waals surface area contributed by atoms with Crippen molar-refractivity contribution in [1.82, 2.24) is 19.5 Å². The van der Waals surface area contributed by atoms with Crippen LogP contribution in [0, 0.1) is 10.8 Å². The maximum Gasteiger partial charge on any atom is 0.361 e. The number of rotatable bonds is 14. The molecule has 0 unspecified atom stereocenters. The quantitative estimate of drug-likeness (QED) is 0.0994. The Morgan fingerprint density at radius 3 is 1.93 bits per heavy atom. The summed E-state index contributed by atoms with van der Waals surface area (Å²) in [5.41, 5.74) is 5.21. The molecule has 18 nitrogen and oxygen atoms in total. The van der Waals surface area contributed by atoms with Gasteiger partial charge in [0.1, 0.15) is 18.2 Å². The topological polar surface area (TPSA) is 262 Å². The number of esters is 2. The smallest absolute Gasteiger partial charge is 0.361 e. The third-order valence-corrected chi connectivity index (χ3v) is 6.41. The Labute approximate surface area is 247 Å². The zero-order valence-corrected chi connectivity index (χ0v) is 25.6. The van der Waals surface area contributed by atoms with Crippen molar-refractivity contribution in [3.63, 3.8) is 0 Å². The molecule has 0 radical (unpaired) electrons. The van der Waals surface area contributed by atoms with Gasteiger partial charge in [-0.3, -0.25) is 28.0 Å². The number of ether oxygens (including phenoxy) is 3. The summed E-state index contributed by atoms with van der Waals surface area (Å²) in [5.74, 6) is -3.69. The Kier molecular flexibility index (Phi) is 14.1. The fourth-order valence-corrected chi connectivity index (χ4v) is 3.52. The molecule has 0 saturated heterocycles. The number of aromatic nitrogens is 4. The standard InChI is InChI=1S/C20H32N5O8P.C4H6O5/c1-19(2,3)17(26)30-11-32-34(28,33-12-31-18(27)20(4,5)6)13-29-8-7-25-10-24-14-15(21)22-9-23-16(14)25;5-2(4(8)9)1-3(6)7/h9-10H,7-8,11-13H2,1-6H3,(H2,21,22,23);2,5H,1H2,(H,6,7)(H,8,9)/t;2-/m.0/s1. The molecule has 0 fully saturated rings. The van der Waals surface area contributed by atoms with Gasteiger partial charge in [-0.25, -0.2) is 19.7 Å². The van der Waals surface area contributed by atoms with Crippen molar-refractivity contribution in [2.75, 3.05) is 32.3 Å². The van der Waals surface area contributed by atoms with Crippen LogP contribution >= 0.6 is 7.60 Å². The number of aliphatic hydroxyl groups is 1. The molecule has 0 aliphatic carbocycles. The molecule has 0 aromatic carbocycles. The van der Waals surface area contributed by atoms with E-state index in [1.54, 1.807) is 46.1 Å². The SMILES string of the molecule is CC(C)(C)C(=O)OCOP(=O)(COCCn1cnc2c(N)ncnc21)OCOC(=O)C(C)(C)C.O=C(O)C[C@H](O)C(=O)O. The van der Waals surface area contributed by atoms with E-state index in [0.717, 1.165) is 0 Å². The number of carbonyl (C=O) groups excluding carboxylic acids is 2. The van der Waals surface area contributed by atoms with Gasteiger partial charge in [-0.05, 0) is 41.5 Å². The Morgan fingerprint density at radius 1 is 0.953 bits per heavy atom. The van der Waals surface area contributed by atoms with E-state index in [1.807, 2.05) is 0 Å². The van der Waals surface area contributed by atoms with Gasteiger partial charge in [0.2, 0.25) is 13.6 Å². The minimum absolute atomic E-state index is 0.0929. The Balaban J connectivity index is 0.000000887. The molecule has 5 N–H and O–H groups in total. The number of hydrogen-bond acceptors (Lipinski definition) is 15. The molecule has 2 aromatic heterocycles. The first kappa shape index (κ1) is 37.3. The summed E-state index contributed by atoms with van der Waals surface area (Å²) < 4.78 is 40.7. The van der Waals surface area contributed by atoms with Crippen LogP contribution in [0.3, 0.4) is 0 Å². The first-order valence-electron chi connectivity index (χ1n) is 12.6. The van der Waals surface area contributed by atoms with Gasteiger partial charge >= 0.3 is 31.5 Å². The summed E-state index contributed by atoms with van der Waals surface area (Å²) in [7, 11) is -3.95. The van der Waals surface area contributed by atoms with E-state index >= 15 is 0 Å². The lowest BCUT2D eigenvalue weighted by atomic mass is 9.98. The van der Waals surface area contributed by atoms with Crippen molar-refractivity contribution >= 4 is 48.5 Å². The fourth-order valence-electron chi connectivity index (χ4n) is 2.52. The number of anilines is 1. The van der Waals surface area contributed by atoms with Crippen molar-refractivity contribution in [1.29, 1.82) is 0 Å². The van der Waals surface area contributed by atoms with Gasteiger partial charge < -0.3 is 39.8 Å². The largest absolute Gasteiger partial charge is 0.481 e. The number of aliphatic hydroxyl groups excluding tert-OH is 1. The van der Waals surface area contributed by atoms with E-state index in [9.17, 15) is 23.7 Å². The number of hydrogen-bond donors (Lipinski definition) is 4. The second kappa shape index (κ2) is 16.2. The maximum absolute atomic E-state index is 13.1. The number of carbonyl (C=O) groups is 4. The summed E-state index contributed by atoms with van der Waals surface area (Å²) in [6.45, 7) is 9.16. The number of nitrogen functional groups attached to an aromatic ring is 1. The highest BCUT2D eigenvalue weighted by Gasteiger charge is 2.30. The number of aliphatic carboxylic acids is 2. The highest BCUT2D eigenvalue weighted by molar-refractivity contribution is 7.53.